The molecule has 4 N–H and O–H groups in total. The molecule has 1 unspecified atom stereocenters. The summed E-state index contributed by atoms with van der Waals surface area (Å²) >= 11 is 0. The lowest BCUT2D eigenvalue weighted by molar-refractivity contribution is -0.277. The number of ether oxygens (including phenoxy) is 1. The molecule has 0 aromatic carbocycles. The van der Waals surface area contributed by atoms with Crippen molar-refractivity contribution in [2.75, 3.05) is 0 Å². The van der Waals surface area contributed by atoms with E-state index < -0.39 is 30.7 Å². The molecule has 1 heterocycles. The van der Waals surface area contributed by atoms with Crippen molar-refractivity contribution in [2.45, 2.75) is 37.6 Å². The van der Waals surface area contributed by atoms with Crippen LogP contribution in [-0.4, -0.2) is 51.1 Å². The molecular weight excluding hydrogens is 158 g/mol. The Bertz CT molecular complexity index is 125. The zero-order valence-corrected chi connectivity index (χ0v) is 6.08. The van der Waals surface area contributed by atoms with E-state index in [0.29, 0.717) is 0 Å². The highest BCUT2D eigenvalue weighted by Gasteiger charge is 2.40. The standard InChI is InChI=1S/C6H12O5/c1-2-3(7)4(8)5(9)6(10)11-2/h2-10H,1H3/t2-,3+,4-,5-,6?/m0/s1/i1+1,2+1,3+1,4+1,5+1,6+1. The van der Waals surface area contributed by atoms with Crippen molar-refractivity contribution in [1.29, 1.82) is 0 Å². The summed E-state index contributed by atoms with van der Waals surface area (Å²) in [4.78, 5) is 0. The van der Waals surface area contributed by atoms with Crippen LogP contribution in [0.2, 0.25) is 0 Å². The molecule has 1 fully saturated rings. The average Bonchev–Trinajstić information content (AvgIpc) is 1.97. The molecule has 0 aliphatic carbocycles. The van der Waals surface area contributed by atoms with Crippen LogP contribution in [0.3, 0.4) is 0 Å². The molecule has 1 aliphatic rings. The third-order valence-electron chi connectivity index (χ3n) is 1.83. The first-order valence-corrected chi connectivity index (χ1v) is 3.41. The van der Waals surface area contributed by atoms with Gasteiger partial charge in [0, 0.05) is 0 Å². The third-order valence-corrected chi connectivity index (χ3v) is 1.83. The Morgan fingerprint density at radius 2 is 1.45 bits per heavy atom. The summed E-state index contributed by atoms with van der Waals surface area (Å²) in [6.45, 7) is 1.50. The largest absolute Gasteiger partial charge is 0.388 e. The molecule has 0 spiro atoms. The fourth-order valence-electron chi connectivity index (χ4n) is 1.03. The summed E-state index contributed by atoms with van der Waals surface area (Å²) in [7, 11) is 0. The van der Waals surface area contributed by atoms with Crippen molar-refractivity contribution < 1.29 is 25.2 Å². The van der Waals surface area contributed by atoms with Crippen LogP contribution in [0.1, 0.15) is 6.92 Å². The second-order valence-electron chi connectivity index (χ2n) is 2.70. The monoisotopic (exact) mass is 170 g/mol. The third kappa shape index (κ3) is 1.52. The molecule has 1 aliphatic heterocycles. The van der Waals surface area contributed by atoms with Gasteiger partial charge in [-0.15, -0.1) is 0 Å². The Morgan fingerprint density at radius 3 is 2.00 bits per heavy atom. The fourth-order valence-corrected chi connectivity index (χ4v) is 1.03. The fraction of sp³-hybridized carbons (Fsp3) is 1.00. The summed E-state index contributed by atoms with van der Waals surface area (Å²) in [6, 6.07) is 0. The summed E-state index contributed by atoms with van der Waals surface area (Å²) in [5.74, 6) is 0. The predicted octanol–water partition coefficient (Wildman–Crippen LogP) is -2.19. The van der Waals surface area contributed by atoms with Crippen molar-refractivity contribution in [3.63, 3.8) is 0 Å². The van der Waals surface area contributed by atoms with Crippen LogP contribution < -0.4 is 0 Å². The van der Waals surface area contributed by atoms with Crippen LogP contribution in [0, 0.1) is 0 Å². The molecule has 1 saturated heterocycles. The molecule has 5 atom stereocenters. The molecule has 5 heteroatoms. The predicted molar refractivity (Wildman–Crippen MR) is 34.6 cm³/mol. The number of hydrogen-bond acceptors (Lipinski definition) is 5. The van der Waals surface area contributed by atoms with E-state index >= 15 is 0 Å². The molecule has 0 radical (unpaired) electrons. The van der Waals surface area contributed by atoms with E-state index in [0.717, 1.165) is 0 Å². The van der Waals surface area contributed by atoms with E-state index in [1.165, 1.54) is 6.92 Å². The van der Waals surface area contributed by atoms with Crippen LogP contribution in [0.25, 0.3) is 0 Å². The van der Waals surface area contributed by atoms with Gasteiger partial charge in [0.05, 0.1) is 6.10 Å². The lowest BCUT2D eigenvalue weighted by atomic mass is 11.0. The number of rotatable bonds is 0. The SMILES string of the molecule is [13CH3][13C@@H]1O[13CH](O)[13C@@H](O)[13C@@H](O)[13C@@H]1O. The van der Waals surface area contributed by atoms with Gasteiger partial charge in [0.15, 0.2) is 6.29 Å². The maximum atomic E-state index is 9.09. The number of aliphatic hydroxyl groups is 4. The zero-order chi connectivity index (χ0) is 8.59. The minimum Gasteiger partial charge on any atom is -0.388 e. The van der Waals surface area contributed by atoms with Gasteiger partial charge in [-0.2, -0.15) is 0 Å². The van der Waals surface area contributed by atoms with Crippen molar-refractivity contribution >= 4 is 0 Å². The van der Waals surface area contributed by atoms with Crippen molar-refractivity contribution in [3.05, 3.63) is 0 Å². The lowest BCUT2D eigenvalue weighted by Gasteiger charge is -2.36. The molecule has 0 saturated carbocycles. The maximum absolute atomic E-state index is 9.09. The average molecular weight is 170 g/mol. The van der Waals surface area contributed by atoms with Gasteiger partial charge in [-0.3, -0.25) is 0 Å². The Hall–Kier alpha value is -0.200. The number of aliphatic hydroxyl groups excluding tert-OH is 4. The van der Waals surface area contributed by atoms with E-state index in [2.05, 4.69) is 4.74 Å². The van der Waals surface area contributed by atoms with Crippen LogP contribution in [0.4, 0.5) is 0 Å². The lowest BCUT2D eigenvalue weighted by Crippen LogP contribution is -2.56. The quantitative estimate of drug-likeness (QED) is 0.310. The Labute approximate surface area is 63.8 Å². The van der Waals surface area contributed by atoms with E-state index in [1.807, 2.05) is 0 Å². The van der Waals surface area contributed by atoms with Crippen molar-refractivity contribution in [1.82, 2.24) is 0 Å². The Balaban J connectivity index is 2.63. The van der Waals surface area contributed by atoms with Gasteiger partial charge >= 0.3 is 0 Å². The minimum absolute atomic E-state index is 0.664. The van der Waals surface area contributed by atoms with Gasteiger partial charge in [0.2, 0.25) is 0 Å². The molecule has 5 nitrogen and oxygen atoms in total. The normalized spacial score (nSPS) is 52.6. The molecule has 66 valence electrons. The first-order chi connectivity index (χ1) is 5.04. The number of hydrogen-bond donors (Lipinski definition) is 4. The van der Waals surface area contributed by atoms with Crippen LogP contribution in [-0.2, 0) is 4.74 Å². The van der Waals surface area contributed by atoms with Gasteiger partial charge in [0.25, 0.3) is 0 Å². The molecule has 0 amide bonds. The topological polar surface area (TPSA) is 90.2 Å². The van der Waals surface area contributed by atoms with Gasteiger partial charge in [-0.1, -0.05) is 0 Å². The van der Waals surface area contributed by atoms with E-state index in [-0.39, 0.29) is 0 Å². The highest BCUT2D eigenvalue weighted by molar-refractivity contribution is 4.86. The molecule has 11 heavy (non-hydrogen) atoms. The van der Waals surface area contributed by atoms with E-state index in [9.17, 15) is 0 Å². The summed E-state index contributed by atoms with van der Waals surface area (Å²) in [5, 5.41) is 36.0. The van der Waals surface area contributed by atoms with Crippen molar-refractivity contribution in [2.24, 2.45) is 0 Å². The van der Waals surface area contributed by atoms with Crippen LogP contribution in [0.5, 0.6) is 0 Å². The highest BCUT2D eigenvalue weighted by atomic mass is 16.8. The highest BCUT2D eigenvalue weighted by Crippen LogP contribution is 2.18. The van der Waals surface area contributed by atoms with Crippen LogP contribution >= 0.6 is 0 Å². The molecule has 1 rings (SSSR count). The van der Waals surface area contributed by atoms with E-state index in [1.54, 1.807) is 0 Å². The van der Waals surface area contributed by atoms with Crippen LogP contribution in [0.15, 0.2) is 0 Å². The second kappa shape index (κ2) is 3.04. The second-order valence-corrected chi connectivity index (χ2v) is 2.70. The molecule has 0 aromatic heterocycles. The van der Waals surface area contributed by atoms with Gasteiger partial charge in [-0.05, 0) is 6.92 Å². The van der Waals surface area contributed by atoms with E-state index in [4.69, 9.17) is 20.4 Å². The zero-order valence-electron chi connectivity index (χ0n) is 6.08. The van der Waals surface area contributed by atoms with Gasteiger partial charge < -0.3 is 25.2 Å². The van der Waals surface area contributed by atoms with Gasteiger partial charge in [-0.25, -0.2) is 0 Å². The Morgan fingerprint density at radius 1 is 0.909 bits per heavy atom. The minimum atomic E-state index is -1.43. The molecular formula is C6H12O5. The smallest absolute Gasteiger partial charge is 0.183 e. The summed E-state index contributed by atoms with van der Waals surface area (Å²) in [5.41, 5.74) is 0. The molecule has 0 bridgehead atoms. The van der Waals surface area contributed by atoms with Crippen molar-refractivity contribution in [3.8, 4) is 0 Å². The first kappa shape index (κ1) is 8.89. The summed E-state index contributed by atoms with van der Waals surface area (Å²) < 4.78 is 4.68. The maximum Gasteiger partial charge on any atom is 0.183 e. The summed E-state index contributed by atoms with van der Waals surface area (Å²) in [6.07, 6.45) is -5.99. The first-order valence-electron chi connectivity index (χ1n) is 3.41. The van der Waals surface area contributed by atoms with Gasteiger partial charge in [0.1, 0.15) is 18.3 Å². The Kier molecular flexibility index (Phi) is 2.46. The molecule has 0 aromatic rings.